The largest absolute Gasteiger partial charge is 1.00 e. The van der Waals surface area contributed by atoms with E-state index in [0.717, 1.165) is 26.1 Å². The predicted molar refractivity (Wildman–Crippen MR) is 126 cm³/mol. The maximum atomic E-state index is 12.4. The minimum absolute atomic E-state index is 0. The first kappa shape index (κ1) is 40.7. The third-order valence-corrected chi connectivity index (χ3v) is 8.45. The van der Waals surface area contributed by atoms with Crippen LogP contribution in [0.1, 0.15) is 27.0 Å². The topological polar surface area (TPSA) is 300 Å². The van der Waals surface area contributed by atoms with Crippen molar-refractivity contribution in [3.63, 3.8) is 0 Å². The Labute approximate surface area is 287 Å². The average molecular weight is 676 g/mol. The van der Waals surface area contributed by atoms with Gasteiger partial charge in [0.2, 0.25) is 11.8 Å². The molecule has 24 heteroatoms. The van der Waals surface area contributed by atoms with Crippen molar-refractivity contribution in [1.29, 1.82) is 0 Å². The summed E-state index contributed by atoms with van der Waals surface area (Å²) in [6.45, 7) is 2.39. The molecule has 11 unspecified atom stereocenters. The molecule has 0 aromatic carbocycles. The molecule has 0 saturated carbocycles. The Balaban J connectivity index is 0.00000462. The zero-order valence-corrected chi connectivity index (χ0v) is 29.3. The summed E-state index contributed by atoms with van der Waals surface area (Å²) in [5, 5.41) is 35.6. The first-order valence-electron chi connectivity index (χ1n) is 11.8. The Hall–Kier alpha value is -0.320. The number of aromatic nitrogens is 2. The van der Waals surface area contributed by atoms with Gasteiger partial charge in [0.05, 0.1) is 18.8 Å². The van der Waals surface area contributed by atoms with Crippen molar-refractivity contribution in [2.45, 2.75) is 75.9 Å². The van der Waals surface area contributed by atoms with Gasteiger partial charge in [0, 0.05) is 26.1 Å². The first-order valence-corrected chi connectivity index (χ1v) is 14.7. The second kappa shape index (κ2) is 16.5. The van der Waals surface area contributed by atoms with E-state index in [4.69, 9.17) is 9.47 Å². The van der Waals surface area contributed by atoms with Crippen LogP contribution in [0.4, 0.5) is 0 Å². The Bertz CT molecular complexity index is 1350. The van der Waals surface area contributed by atoms with E-state index in [0.29, 0.717) is 4.57 Å². The molecule has 20 nitrogen and oxygen atoms in total. The van der Waals surface area contributed by atoms with Gasteiger partial charge < -0.3 is 49.7 Å². The van der Waals surface area contributed by atoms with Crippen molar-refractivity contribution >= 4 is 27.5 Å². The number of hydrogen-bond acceptors (Lipinski definition) is 16. The summed E-state index contributed by atoms with van der Waals surface area (Å²) in [6.07, 6.45) is -10.6. The van der Waals surface area contributed by atoms with Gasteiger partial charge in [0.1, 0.15) is 30.5 Å². The first-order chi connectivity index (χ1) is 18.9. The van der Waals surface area contributed by atoms with Crippen LogP contribution in [0, 0.1) is 0 Å². The molecule has 232 valence electrons. The number of phosphoric acid groups is 2. The summed E-state index contributed by atoms with van der Waals surface area (Å²) in [6, 6.07) is -1.81. The van der Waals surface area contributed by atoms with Crippen molar-refractivity contribution in [1.82, 2.24) is 20.2 Å². The van der Waals surface area contributed by atoms with Crippen molar-refractivity contribution in [2.75, 3.05) is 6.61 Å². The second-order valence-corrected chi connectivity index (χ2v) is 12.0. The molecular formula is C19H28N4Na2O16P2. The summed E-state index contributed by atoms with van der Waals surface area (Å²) < 4.78 is 49.2. The van der Waals surface area contributed by atoms with E-state index in [1.165, 1.54) is 6.92 Å². The number of aromatic amines is 1. The number of ether oxygens (including phenoxy) is 2. The van der Waals surface area contributed by atoms with Gasteiger partial charge in [-0.15, -0.1) is 0 Å². The molecule has 0 aliphatic carbocycles. The second-order valence-electron chi connectivity index (χ2n) is 9.09. The van der Waals surface area contributed by atoms with E-state index in [-0.39, 0.29) is 59.1 Å². The van der Waals surface area contributed by atoms with Crippen molar-refractivity contribution in [3.05, 3.63) is 33.1 Å². The molecule has 2 aliphatic heterocycles. The zero-order chi connectivity index (χ0) is 30.9. The number of aliphatic hydroxyl groups excluding tert-OH is 3. The number of carbonyl (C=O) groups excluding carboxylic acids is 2. The molecule has 43 heavy (non-hydrogen) atoms. The van der Waals surface area contributed by atoms with Crippen molar-refractivity contribution in [3.8, 4) is 0 Å². The van der Waals surface area contributed by atoms with Crippen LogP contribution < -0.4 is 90.8 Å². The minimum atomic E-state index is -5.88. The van der Waals surface area contributed by atoms with E-state index < -0.39 is 100 Å². The third-order valence-electron chi connectivity index (χ3n) is 5.92. The van der Waals surface area contributed by atoms with Crippen molar-refractivity contribution < 1.29 is 126 Å². The summed E-state index contributed by atoms with van der Waals surface area (Å²) in [5.74, 6) is -1.34. The van der Waals surface area contributed by atoms with Crippen LogP contribution in [-0.4, -0.2) is 92.2 Å². The molecule has 1 aromatic rings. The number of hydrogen-bond donors (Lipinski definition) is 6. The summed E-state index contributed by atoms with van der Waals surface area (Å²) >= 11 is 0. The molecular weight excluding hydrogens is 648 g/mol. The molecule has 0 spiro atoms. The van der Waals surface area contributed by atoms with Crippen LogP contribution in [0.15, 0.2) is 21.9 Å². The molecule has 3 heterocycles. The molecule has 0 bridgehead atoms. The number of nitrogens with zero attached hydrogens (tertiary/aromatic N) is 1. The molecule has 1 aromatic heterocycles. The number of carbonyl (C=O) groups is 2. The SMILES string of the molecule is CC(=O)NC1C(C)OC(OP(=O)([O-])OP(=O)([O-])OCC2OC(n3ccc(=O)[nH]c3=O)C(O)C2O)C(NC(C)=O)C1O.[Na+].[Na+]. The van der Waals surface area contributed by atoms with E-state index in [1.807, 2.05) is 4.98 Å². The number of phosphoric ester groups is 2. The summed E-state index contributed by atoms with van der Waals surface area (Å²) in [4.78, 5) is 72.9. The Kier molecular flexibility index (Phi) is 15.6. The van der Waals surface area contributed by atoms with Crippen LogP contribution >= 0.6 is 15.6 Å². The van der Waals surface area contributed by atoms with Crippen LogP contribution in [0.5, 0.6) is 0 Å². The maximum Gasteiger partial charge on any atom is 1.00 e. The van der Waals surface area contributed by atoms with Crippen LogP contribution in [0.25, 0.3) is 0 Å². The minimum Gasteiger partial charge on any atom is -0.756 e. The third kappa shape index (κ3) is 10.9. The van der Waals surface area contributed by atoms with Gasteiger partial charge in [0.25, 0.3) is 21.2 Å². The Morgan fingerprint density at radius 3 is 2.14 bits per heavy atom. The maximum absolute atomic E-state index is 12.4. The van der Waals surface area contributed by atoms with E-state index in [9.17, 15) is 53.4 Å². The molecule has 11 atom stereocenters. The predicted octanol–water partition coefficient (Wildman–Crippen LogP) is -10.7. The fourth-order valence-electron chi connectivity index (χ4n) is 4.14. The number of rotatable bonds is 10. The van der Waals surface area contributed by atoms with Gasteiger partial charge in [-0.1, -0.05) is 0 Å². The fraction of sp³-hybridized carbons (Fsp3) is 0.684. The quantitative estimate of drug-likeness (QED) is 0.0990. The Morgan fingerprint density at radius 2 is 1.58 bits per heavy atom. The number of nitrogens with one attached hydrogen (secondary N) is 3. The number of H-pyrrole nitrogens is 1. The number of aliphatic hydroxyl groups is 3. The average Bonchev–Trinajstić information content (AvgIpc) is 3.10. The van der Waals surface area contributed by atoms with E-state index in [1.54, 1.807) is 0 Å². The van der Waals surface area contributed by atoms with Gasteiger partial charge in [-0.3, -0.25) is 37.6 Å². The monoisotopic (exact) mass is 676 g/mol. The molecule has 2 fully saturated rings. The summed E-state index contributed by atoms with van der Waals surface area (Å²) in [7, 11) is -11.7. The molecule has 0 radical (unpaired) electrons. The van der Waals surface area contributed by atoms with E-state index >= 15 is 0 Å². The van der Waals surface area contributed by atoms with Crippen LogP contribution in [0.3, 0.4) is 0 Å². The molecule has 2 saturated heterocycles. The Morgan fingerprint density at radius 1 is 1.00 bits per heavy atom. The van der Waals surface area contributed by atoms with Gasteiger partial charge >= 0.3 is 64.8 Å². The van der Waals surface area contributed by atoms with Gasteiger partial charge in [-0.05, 0) is 6.92 Å². The molecule has 2 aliphatic rings. The summed E-state index contributed by atoms with van der Waals surface area (Å²) in [5.41, 5.74) is -1.77. The fourth-order valence-corrected chi connectivity index (χ4v) is 6.23. The van der Waals surface area contributed by atoms with Crippen LogP contribution in [-0.2, 0) is 41.6 Å². The van der Waals surface area contributed by atoms with Crippen LogP contribution in [0.2, 0.25) is 0 Å². The molecule has 2 amide bonds. The molecule has 6 N–H and O–H groups in total. The van der Waals surface area contributed by atoms with Gasteiger partial charge in [0.15, 0.2) is 12.5 Å². The van der Waals surface area contributed by atoms with Crippen molar-refractivity contribution in [2.24, 2.45) is 0 Å². The normalized spacial score (nSPS) is 33.2. The molecule has 3 rings (SSSR count). The van der Waals surface area contributed by atoms with Gasteiger partial charge in [-0.25, -0.2) is 9.11 Å². The number of amides is 2. The van der Waals surface area contributed by atoms with E-state index in [2.05, 4.69) is 24.0 Å². The smallest absolute Gasteiger partial charge is 0.756 e. The standard InChI is InChI=1S/C19H30N4O16P2.2Na/c1-7-12(20-8(2)24)15(28)13(21-9(3)25)18(36-7)38-41(33,34)39-40(31,32)35-6-10-14(27)16(29)17(37-10)23-5-4-11(26)22-19(23)30;;/h4-5,7,10,12-18,27-29H,6H2,1-3H3,(H,20,24)(H,21,25)(H,31,32)(H,33,34)(H,22,26,30);;/q;2*+1/p-2. The zero-order valence-electron chi connectivity index (χ0n) is 23.5. The van der Waals surface area contributed by atoms with Gasteiger partial charge in [-0.2, -0.15) is 0 Å².